The highest BCUT2D eigenvalue weighted by molar-refractivity contribution is 14.1. The van der Waals surface area contributed by atoms with Crippen molar-refractivity contribution in [2.45, 2.75) is 26.3 Å². The van der Waals surface area contributed by atoms with Crippen molar-refractivity contribution in [2.24, 2.45) is 5.92 Å². The molecule has 1 fully saturated rings. The maximum atomic E-state index is 12.9. The lowest BCUT2D eigenvalue weighted by Gasteiger charge is -2.31. The molecule has 0 unspecified atom stereocenters. The number of benzene rings is 1. The Morgan fingerprint density at radius 1 is 1.31 bits per heavy atom. The summed E-state index contributed by atoms with van der Waals surface area (Å²) in [6.07, 6.45) is 1.25. The number of aromatic amines is 1. The van der Waals surface area contributed by atoms with Gasteiger partial charge in [0, 0.05) is 31.2 Å². The second-order valence-electron chi connectivity index (χ2n) is 6.42. The molecular formula is C18H20FIN4O2. The zero-order valence-electron chi connectivity index (χ0n) is 14.4. The summed E-state index contributed by atoms with van der Waals surface area (Å²) in [6.45, 7) is 3.33. The van der Waals surface area contributed by atoms with E-state index in [1.807, 2.05) is 6.92 Å². The molecule has 138 valence electrons. The van der Waals surface area contributed by atoms with Crippen molar-refractivity contribution < 1.29 is 14.0 Å². The van der Waals surface area contributed by atoms with Gasteiger partial charge in [0.1, 0.15) is 5.82 Å². The summed E-state index contributed by atoms with van der Waals surface area (Å²) in [6, 6.07) is 6.07. The summed E-state index contributed by atoms with van der Waals surface area (Å²) in [4.78, 5) is 26.6. The Morgan fingerprint density at radius 2 is 1.96 bits per heavy atom. The van der Waals surface area contributed by atoms with Crippen molar-refractivity contribution in [2.75, 3.05) is 13.1 Å². The Labute approximate surface area is 164 Å². The van der Waals surface area contributed by atoms with Crippen LogP contribution in [0.15, 0.2) is 24.3 Å². The van der Waals surface area contributed by atoms with Gasteiger partial charge in [0.05, 0.1) is 3.57 Å². The zero-order chi connectivity index (χ0) is 18.7. The van der Waals surface area contributed by atoms with Gasteiger partial charge in [-0.15, -0.1) is 0 Å². The number of nitrogens with one attached hydrogen (secondary N) is 2. The number of aryl methyl sites for hydroxylation is 1. The third-order valence-electron chi connectivity index (χ3n) is 4.61. The molecule has 1 aromatic heterocycles. The van der Waals surface area contributed by atoms with Gasteiger partial charge in [0.15, 0.2) is 5.69 Å². The number of rotatable bonds is 4. The fourth-order valence-electron chi connectivity index (χ4n) is 2.99. The number of H-pyrrole nitrogens is 1. The van der Waals surface area contributed by atoms with E-state index in [1.54, 1.807) is 17.0 Å². The van der Waals surface area contributed by atoms with E-state index in [4.69, 9.17) is 0 Å². The number of piperidine rings is 1. The lowest BCUT2D eigenvalue weighted by Crippen LogP contribution is -2.43. The van der Waals surface area contributed by atoms with Crippen molar-refractivity contribution in [1.82, 2.24) is 20.4 Å². The number of carbonyl (C=O) groups is 2. The normalized spacial score (nSPS) is 15.1. The minimum Gasteiger partial charge on any atom is -0.352 e. The lowest BCUT2D eigenvalue weighted by atomic mass is 9.95. The molecule has 1 saturated heterocycles. The van der Waals surface area contributed by atoms with Crippen LogP contribution in [-0.2, 0) is 11.3 Å². The summed E-state index contributed by atoms with van der Waals surface area (Å²) in [5.41, 5.74) is 2.18. The maximum absolute atomic E-state index is 12.9. The molecule has 26 heavy (non-hydrogen) atoms. The van der Waals surface area contributed by atoms with E-state index >= 15 is 0 Å². The van der Waals surface area contributed by atoms with E-state index in [0.29, 0.717) is 38.2 Å². The maximum Gasteiger partial charge on any atom is 0.275 e. The molecule has 0 spiro atoms. The van der Waals surface area contributed by atoms with Crippen LogP contribution >= 0.6 is 22.6 Å². The highest BCUT2D eigenvalue weighted by atomic mass is 127. The van der Waals surface area contributed by atoms with Crippen LogP contribution in [0.5, 0.6) is 0 Å². The minimum absolute atomic E-state index is 0.0216. The van der Waals surface area contributed by atoms with Gasteiger partial charge in [-0.3, -0.25) is 14.7 Å². The standard InChI is InChI=1S/C18H20FIN4O2/c1-11-15(20)16(23-22-11)18(26)24-8-6-13(7-9-24)17(25)21-10-12-2-4-14(19)5-3-12/h2-5,13H,6-10H2,1H3,(H,21,25)(H,22,23). The summed E-state index contributed by atoms with van der Waals surface area (Å²) in [5, 5.41) is 9.80. The zero-order valence-corrected chi connectivity index (χ0v) is 16.5. The van der Waals surface area contributed by atoms with E-state index < -0.39 is 0 Å². The predicted octanol–water partition coefficient (Wildman–Crippen LogP) is 2.63. The molecule has 0 bridgehead atoms. The molecule has 2 amide bonds. The van der Waals surface area contributed by atoms with Gasteiger partial charge in [-0.1, -0.05) is 12.1 Å². The predicted molar refractivity (Wildman–Crippen MR) is 103 cm³/mol. The third-order valence-corrected chi connectivity index (χ3v) is 5.93. The Bertz CT molecular complexity index is 798. The molecule has 0 radical (unpaired) electrons. The van der Waals surface area contributed by atoms with Crippen LogP contribution in [0, 0.1) is 22.2 Å². The second kappa shape index (κ2) is 8.15. The van der Waals surface area contributed by atoms with Crippen molar-refractivity contribution in [3.05, 3.63) is 50.6 Å². The van der Waals surface area contributed by atoms with Gasteiger partial charge < -0.3 is 10.2 Å². The highest BCUT2D eigenvalue weighted by Crippen LogP contribution is 2.21. The van der Waals surface area contributed by atoms with E-state index in [1.165, 1.54) is 12.1 Å². The van der Waals surface area contributed by atoms with E-state index in [0.717, 1.165) is 14.8 Å². The fraction of sp³-hybridized carbons (Fsp3) is 0.389. The number of likely N-dealkylation sites (tertiary alicyclic amines) is 1. The Balaban J connectivity index is 1.50. The van der Waals surface area contributed by atoms with Gasteiger partial charge in [0.2, 0.25) is 5.91 Å². The average Bonchev–Trinajstić information content (AvgIpc) is 2.99. The van der Waals surface area contributed by atoms with Crippen LogP contribution in [0.2, 0.25) is 0 Å². The summed E-state index contributed by atoms with van der Waals surface area (Å²) in [7, 11) is 0. The molecule has 2 aromatic rings. The van der Waals surface area contributed by atoms with Gasteiger partial charge in [-0.05, 0) is 60.1 Å². The topological polar surface area (TPSA) is 78.1 Å². The number of hydrogen-bond acceptors (Lipinski definition) is 3. The Hall–Kier alpha value is -1.97. The van der Waals surface area contributed by atoms with Crippen LogP contribution in [0.1, 0.15) is 34.6 Å². The summed E-state index contributed by atoms with van der Waals surface area (Å²) in [5.74, 6) is -0.520. The molecule has 2 N–H and O–H groups in total. The van der Waals surface area contributed by atoms with Gasteiger partial charge in [0.25, 0.3) is 5.91 Å². The van der Waals surface area contributed by atoms with Crippen molar-refractivity contribution in [3.8, 4) is 0 Å². The van der Waals surface area contributed by atoms with Crippen molar-refractivity contribution in [3.63, 3.8) is 0 Å². The van der Waals surface area contributed by atoms with Crippen LogP contribution in [0.3, 0.4) is 0 Å². The first kappa shape index (κ1) is 18.8. The minimum atomic E-state index is -0.293. The van der Waals surface area contributed by atoms with Gasteiger partial charge in [-0.2, -0.15) is 5.10 Å². The number of nitrogens with zero attached hydrogens (tertiary/aromatic N) is 2. The molecule has 1 aliphatic heterocycles. The molecule has 2 heterocycles. The molecule has 1 aromatic carbocycles. The van der Waals surface area contributed by atoms with Crippen molar-refractivity contribution >= 4 is 34.4 Å². The molecule has 6 nitrogen and oxygen atoms in total. The Morgan fingerprint density at radius 3 is 2.54 bits per heavy atom. The second-order valence-corrected chi connectivity index (χ2v) is 7.50. The first-order valence-corrected chi connectivity index (χ1v) is 9.55. The van der Waals surface area contributed by atoms with Crippen LogP contribution in [0.25, 0.3) is 0 Å². The van der Waals surface area contributed by atoms with Crippen LogP contribution < -0.4 is 5.32 Å². The monoisotopic (exact) mass is 470 g/mol. The molecule has 8 heteroatoms. The van der Waals surface area contributed by atoms with Crippen molar-refractivity contribution in [1.29, 1.82) is 0 Å². The highest BCUT2D eigenvalue weighted by Gasteiger charge is 2.29. The molecule has 0 atom stereocenters. The first-order chi connectivity index (χ1) is 12.5. The summed E-state index contributed by atoms with van der Waals surface area (Å²) < 4.78 is 13.7. The number of hydrogen-bond donors (Lipinski definition) is 2. The molecular weight excluding hydrogens is 450 g/mol. The van der Waals surface area contributed by atoms with Crippen LogP contribution in [0.4, 0.5) is 4.39 Å². The lowest BCUT2D eigenvalue weighted by molar-refractivity contribution is -0.126. The Kier molecular flexibility index (Phi) is 5.90. The van der Waals surface area contributed by atoms with Gasteiger partial charge in [-0.25, -0.2) is 4.39 Å². The van der Waals surface area contributed by atoms with Gasteiger partial charge >= 0.3 is 0 Å². The van der Waals surface area contributed by atoms with E-state index in [9.17, 15) is 14.0 Å². The smallest absolute Gasteiger partial charge is 0.275 e. The largest absolute Gasteiger partial charge is 0.352 e. The molecule has 3 rings (SSSR count). The number of amides is 2. The third kappa shape index (κ3) is 4.22. The molecule has 0 saturated carbocycles. The number of halogens is 2. The van der Waals surface area contributed by atoms with E-state index in [2.05, 4.69) is 38.1 Å². The quantitative estimate of drug-likeness (QED) is 0.675. The first-order valence-electron chi connectivity index (χ1n) is 8.47. The number of aromatic nitrogens is 2. The molecule has 1 aliphatic rings. The molecule has 0 aliphatic carbocycles. The number of carbonyl (C=O) groups excluding carboxylic acids is 2. The fourth-order valence-corrected chi connectivity index (χ4v) is 3.46. The SMILES string of the molecule is Cc1[nH]nc(C(=O)N2CCC(C(=O)NCc3ccc(F)cc3)CC2)c1I. The summed E-state index contributed by atoms with van der Waals surface area (Å²) >= 11 is 2.12. The van der Waals surface area contributed by atoms with E-state index in [-0.39, 0.29) is 23.5 Å². The van der Waals surface area contributed by atoms with Crippen LogP contribution in [-0.4, -0.2) is 40.0 Å². The average molecular weight is 470 g/mol.